The maximum absolute atomic E-state index is 13.3. The quantitative estimate of drug-likeness (QED) is 0.174. The molecule has 0 atom stereocenters. The smallest absolute Gasteiger partial charge is 0.345 e. The van der Waals surface area contributed by atoms with Crippen LogP contribution < -0.4 is 5.32 Å². The van der Waals surface area contributed by atoms with Gasteiger partial charge in [0.05, 0.1) is 23.4 Å². The summed E-state index contributed by atoms with van der Waals surface area (Å²) in [6.07, 6.45) is -10.2. The molecule has 0 aliphatic heterocycles. The van der Waals surface area contributed by atoms with Crippen molar-refractivity contribution < 1.29 is 31.1 Å². The van der Waals surface area contributed by atoms with Crippen molar-refractivity contribution in [2.75, 3.05) is 0 Å². The van der Waals surface area contributed by atoms with Crippen LogP contribution in [0.1, 0.15) is 44.0 Å². The largest absolute Gasteiger partial charge is 0.416 e. The van der Waals surface area contributed by atoms with E-state index in [0.29, 0.717) is 33.8 Å². The summed E-state index contributed by atoms with van der Waals surface area (Å²) in [7, 11) is 0. The van der Waals surface area contributed by atoms with E-state index in [2.05, 4.69) is 15.5 Å². The van der Waals surface area contributed by atoms with Crippen molar-refractivity contribution >= 4 is 29.3 Å². The van der Waals surface area contributed by atoms with Crippen molar-refractivity contribution in [2.45, 2.75) is 43.7 Å². The SMILES string of the molecule is Cc1ccccc1CSc1nnc(CNC(=O)c2cc(C(F)(F)F)cc(C(F)(F)F)c2)n1-c1cc(Cl)ccc1C. The van der Waals surface area contributed by atoms with Crippen LogP contribution in [0, 0.1) is 13.8 Å². The van der Waals surface area contributed by atoms with E-state index in [0.717, 1.165) is 16.7 Å². The molecule has 1 heterocycles. The van der Waals surface area contributed by atoms with E-state index >= 15 is 0 Å². The lowest BCUT2D eigenvalue weighted by atomic mass is 10.0. The van der Waals surface area contributed by atoms with Crippen molar-refractivity contribution in [3.8, 4) is 5.69 Å². The molecular formula is C27H21ClF6N4OS. The highest BCUT2D eigenvalue weighted by molar-refractivity contribution is 7.98. The van der Waals surface area contributed by atoms with Crippen LogP contribution >= 0.6 is 23.4 Å². The minimum absolute atomic E-state index is 0.0344. The molecule has 0 bridgehead atoms. The Labute approximate surface area is 234 Å². The van der Waals surface area contributed by atoms with E-state index in [-0.39, 0.29) is 18.4 Å². The number of amides is 1. The van der Waals surface area contributed by atoms with Crippen LogP contribution in [-0.2, 0) is 24.7 Å². The molecule has 3 aromatic carbocycles. The van der Waals surface area contributed by atoms with Gasteiger partial charge < -0.3 is 5.32 Å². The molecule has 5 nitrogen and oxygen atoms in total. The lowest BCUT2D eigenvalue weighted by Crippen LogP contribution is -2.26. The summed E-state index contributed by atoms with van der Waals surface area (Å²) in [5.41, 5.74) is -0.423. The average Bonchev–Trinajstić information content (AvgIpc) is 3.29. The number of hydrogen-bond acceptors (Lipinski definition) is 4. The zero-order valence-corrected chi connectivity index (χ0v) is 22.6. The van der Waals surface area contributed by atoms with E-state index in [1.165, 1.54) is 11.8 Å². The molecule has 0 saturated heterocycles. The molecular weight excluding hydrogens is 578 g/mol. The number of carbonyl (C=O) groups is 1. The molecule has 210 valence electrons. The number of nitrogens with zero attached hydrogens (tertiary/aromatic N) is 3. The number of hydrogen-bond donors (Lipinski definition) is 1. The van der Waals surface area contributed by atoms with E-state index in [4.69, 9.17) is 11.6 Å². The van der Waals surface area contributed by atoms with Crippen LogP contribution in [0.2, 0.25) is 5.02 Å². The van der Waals surface area contributed by atoms with Crippen LogP contribution in [0.4, 0.5) is 26.3 Å². The van der Waals surface area contributed by atoms with Gasteiger partial charge in [-0.1, -0.05) is 53.7 Å². The van der Waals surface area contributed by atoms with Gasteiger partial charge in [-0.3, -0.25) is 9.36 Å². The molecule has 0 aliphatic rings. The molecule has 1 amide bonds. The van der Waals surface area contributed by atoms with E-state index in [1.807, 2.05) is 38.1 Å². The van der Waals surface area contributed by atoms with Gasteiger partial charge in [-0.05, 0) is 60.9 Å². The lowest BCUT2D eigenvalue weighted by molar-refractivity contribution is -0.143. The van der Waals surface area contributed by atoms with E-state index in [9.17, 15) is 31.1 Å². The second-order valence-electron chi connectivity index (χ2n) is 8.86. The molecule has 40 heavy (non-hydrogen) atoms. The molecule has 1 N–H and O–H groups in total. The predicted molar refractivity (Wildman–Crippen MR) is 139 cm³/mol. The fourth-order valence-electron chi connectivity index (χ4n) is 3.84. The van der Waals surface area contributed by atoms with Gasteiger partial charge in [0.1, 0.15) is 0 Å². The number of nitrogens with one attached hydrogen (secondary N) is 1. The maximum Gasteiger partial charge on any atom is 0.416 e. The fraction of sp³-hybridized carbons (Fsp3) is 0.222. The number of rotatable bonds is 7. The van der Waals surface area contributed by atoms with Gasteiger partial charge in [-0.2, -0.15) is 26.3 Å². The molecule has 0 fully saturated rings. The van der Waals surface area contributed by atoms with Gasteiger partial charge in [0.25, 0.3) is 5.91 Å². The summed E-state index contributed by atoms with van der Waals surface area (Å²) in [4.78, 5) is 12.8. The molecule has 4 rings (SSSR count). The van der Waals surface area contributed by atoms with Gasteiger partial charge in [0.2, 0.25) is 0 Å². The third-order valence-electron chi connectivity index (χ3n) is 5.99. The first-order chi connectivity index (χ1) is 18.7. The molecule has 4 aromatic rings. The first kappa shape index (κ1) is 29.5. The van der Waals surface area contributed by atoms with Crippen LogP contribution in [0.3, 0.4) is 0 Å². The molecule has 0 unspecified atom stereocenters. The minimum atomic E-state index is -5.08. The molecule has 0 spiro atoms. The minimum Gasteiger partial charge on any atom is -0.345 e. The highest BCUT2D eigenvalue weighted by atomic mass is 35.5. The van der Waals surface area contributed by atoms with E-state index < -0.39 is 35.0 Å². The monoisotopic (exact) mass is 598 g/mol. The number of thioether (sulfide) groups is 1. The van der Waals surface area contributed by atoms with Crippen molar-refractivity contribution in [3.63, 3.8) is 0 Å². The Bertz CT molecular complexity index is 1520. The maximum atomic E-state index is 13.3. The average molecular weight is 599 g/mol. The summed E-state index contributed by atoms with van der Waals surface area (Å²) in [5, 5.41) is 11.6. The normalized spacial score (nSPS) is 12.0. The number of aryl methyl sites for hydroxylation is 2. The summed E-state index contributed by atoms with van der Waals surface area (Å²) in [6, 6.07) is 13.6. The second-order valence-corrected chi connectivity index (χ2v) is 10.2. The fourth-order valence-corrected chi connectivity index (χ4v) is 5.04. The third-order valence-corrected chi connectivity index (χ3v) is 7.20. The van der Waals surface area contributed by atoms with Crippen molar-refractivity contribution in [2.24, 2.45) is 0 Å². The second kappa shape index (κ2) is 11.5. The zero-order chi connectivity index (χ0) is 29.2. The highest BCUT2D eigenvalue weighted by Crippen LogP contribution is 2.36. The van der Waals surface area contributed by atoms with E-state index in [1.54, 1.807) is 22.8 Å². The van der Waals surface area contributed by atoms with Gasteiger partial charge in [0.15, 0.2) is 11.0 Å². The molecule has 0 radical (unpaired) electrons. The number of carbonyl (C=O) groups excluding carboxylic acids is 1. The summed E-state index contributed by atoms with van der Waals surface area (Å²) >= 11 is 7.60. The zero-order valence-electron chi connectivity index (χ0n) is 21.0. The standard InChI is InChI=1S/C27H21ClF6N4OS/c1-15-5-3-4-6-17(15)14-40-25-37-36-23(38(25)22-12-21(28)8-7-16(22)2)13-35-24(39)18-9-19(26(29,30)31)11-20(10-18)27(32,33)34/h3-12H,13-14H2,1-2H3,(H,35,39). The first-order valence-electron chi connectivity index (χ1n) is 11.7. The highest BCUT2D eigenvalue weighted by Gasteiger charge is 2.37. The predicted octanol–water partition coefficient (Wildman–Crippen LogP) is 7.80. The van der Waals surface area contributed by atoms with Gasteiger partial charge in [-0.15, -0.1) is 10.2 Å². The van der Waals surface area contributed by atoms with Crippen LogP contribution in [0.5, 0.6) is 0 Å². The van der Waals surface area contributed by atoms with Crippen LogP contribution in [0.15, 0.2) is 65.8 Å². The summed E-state index contributed by atoms with van der Waals surface area (Å²) in [6.45, 7) is 3.46. The Morgan fingerprint density at radius 2 is 1.55 bits per heavy atom. The lowest BCUT2D eigenvalue weighted by Gasteiger charge is -2.15. The first-order valence-corrected chi connectivity index (χ1v) is 13.1. The Hall–Kier alpha value is -3.51. The number of alkyl halides is 6. The van der Waals surface area contributed by atoms with Gasteiger partial charge in [-0.25, -0.2) is 0 Å². The Balaban J connectivity index is 1.66. The Kier molecular flexibility index (Phi) is 8.50. The third kappa shape index (κ3) is 6.79. The van der Waals surface area contributed by atoms with Crippen molar-refractivity contribution in [1.82, 2.24) is 20.1 Å². The molecule has 0 saturated carbocycles. The molecule has 1 aromatic heterocycles. The van der Waals surface area contributed by atoms with Crippen molar-refractivity contribution in [1.29, 1.82) is 0 Å². The van der Waals surface area contributed by atoms with Gasteiger partial charge >= 0.3 is 12.4 Å². The Morgan fingerprint density at radius 1 is 0.900 bits per heavy atom. The summed E-state index contributed by atoms with van der Waals surface area (Å²) < 4.78 is 81.2. The van der Waals surface area contributed by atoms with Crippen LogP contribution in [0.25, 0.3) is 5.69 Å². The molecule has 13 heteroatoms. The van der Waals surface area contributed by atoms with Crippen LogP contribution in [-0.4, -0.2) is 20.7 Å². The Morgan fingerprint density at radius 3 is 2.17 bits per heavy atom. The summed E-state index contributed by atoms with van der Waals surface area (Å²) in [5.74, 6) is -0.390. The topological polar surface area (TPSA) is 59.8 Å². The van der Waals surface area contributed by atoms with Crippen molar-refractivity contribution in [3.05, 3.63) is 105 Å². The number of benzene rings is 3. The number of halogens is 7. The molecule has 0 aliphatic carbocycles. The number of aromatic nitrogens is 3. The van der Waals surface area contributed by atoms with Gasteiger partial charge in [0, 0.05) is 16.3 Å².